The van der Waals surface area contributed by atoms with Gasteiger partial charge in [-0.25, -0.2) is 8.42 Å². The molecule has 0 aliphatic carbocycles. The quantitative estimate of drug-likeness (QED) is 0.613. The summed E-state index contributed by atoms with van der Waals surface area (Å²) in [5.74, 6) is 0.0209. The van der Waals surface area contributed by atoms with Gasteiger partial charge >= 0.3 is 0 Å². The molecule has 3 aromatic rings. The lowest BCUT2D eigenvalue weighted by molar-refractivity contribution is -0.113. The number of sulfone groups is 1. The summed E-state index contributed by atoms with van der Waals surface area (Å²) in [6.07, 6.45) is 1.10. The fourth-order valence-corrected chi connectivity index (χ4v) is 3.87. The molecule has 0 unspecified atom stereocenters. The van der Waals surface area contributed by atoms with Crippen molar-refractivity contribution in [3.8, 4) is 11.5 Å². The van der Waals surface area contributed by atoms with Gasteiger partial charge in [-0.05, 0) is 49.2 Å². The fraction of sp³-hybridized carbons (Fsp3) is 0.211. The first kappa shape index (κ1) is 20.1. The summed E-state index contributed by atoms with van der Waals surface area (Å²) in [5.41, 5.74) is 3.35. The van der Waals surface area contributed by atoms with Crippen LogP contribution < -0.4 is 5.32 Å². The number of aromatic nitrogens is 2. The Morgan fingerprint density at radius 1 is 1.11 bits per heavy atom. The topological polar surface area (TPSA) is 102 Å². The summed E-state index contributed by atoms with van der Waals surface area (Å²) >= 11 is 1.08. The standard InChI is InChI=1S/C19H19N3O4S2/c1-12-8-9-14(10-13(12)2)18-21-22-19(26-18)27-11-17(23)20-15-6-4-5-7-16(15)28(3,24)25/h4-10H,11H2,1-3H3,(H,20,23). The van der Waals surface area contributed by atoms with E-state index in [1.165, 1.54) is 11.6 Å². The van der Waals surface area contributed by atoms with Crippen molar-refractivity contribution in [3.05, 3.63) is 53.6 Å². The lowest BCUT2D eigenvalue weighted by atomic mass is 10.1. The third-order valence-electron chi connectivity index (χ3n) is 4.05. The number of para-hydroxylation sites is 1. The number of carbonyl (C=O) groups is 1. The number of benzene rings is 2. The number of aryl methyl sites for hydroxylation is 2. The molecule has 1 heterocycles. The van der Waals surface area contributed by atoms with E-state index in [1.807, 2.05) is 32.0 Å². The van der Waals surface area contributed by atoms with Crippen molar-refractivity contribution in [2.24, 2.45) is 0 Å². The second-order valence-corrected chi connectivity index (χ2v) is 9.19. The molecule has 0 fully saturated rings. The molecule has 0 saturated carbocycles. The summed E-state index contributed by atoms with van der Waals surface area (Å²) in [7, 11) is -3.44. The zero-order chi connectivity index (χ0) is 20.3. The van der Waals surface area contributed by atoms with Gasteiger partial charge in [-0.2, -0.15) is 0 Å². The number of anilines is 1. The van der Waals surface area contributed by atoms with Crippen LogP contribution in [0.5, 0.6) is 0 Å². The maximum absolute atomic E-state index is 12.2. The van der Waals surface area contributed by atoms with Crippen LogP contribution in [0.25, 0.3) is 11.5 Å². The lowest BCUT2D eigenvalue weighted by Gasteiger charge is -2.08. The molecule has 7 nitrogen and oxygen atoms in total. The minimum Gasteiger partial charge on any atom is -0.411 e. The SMILES string of the molecule is Cc1ccc(-c2nnc(SCC(=O)Nc3ccccc3S(C)(=O)=O)o2)cc1C. The van der Waals surface area contributed by atoms with Crippen molar-refractivity contribution in [3.63, 3.8) is 0 Å². The summed E-state index contributed by atoms with van der Waals surface area (Å²) in [4.78, 5) is 12.3. The Morgan fingerprint density at radius 2 is 1.86 bits per heavy atom. The Morgan fingerprint density at radius 3 is 2.57 bits per heavy atom. The number of nitrogens with one attached hydrogen (secondary N) is 1. The third kappa shape index (κ3) is 4.79. The molecule has 28 heavy (non-hydrogen) atoms. The van der Waals surface area contributed by atoms with Crippen molar-refractivity contribution in [2.75, 3.05) is 17.3 Å². The lowest BCUT2D eigenvalue weighted by Crippen LogP contribution is -2.16. The van der Waals surface area contributed by atoms with Gasteiger partial charge in [-0.3, -0.25) is 4.79 Å². The van der Waals surface area contributed by atoms with Gasteiger partial charge in [0, 0.05) is 11.8 Å². The van der Waals surface area contributed by atoms with E-state index in [4.69, 9.17) is 4.42 Å². The molecule has 0 atom stereocenters. The summed E-state index contributed by atoms with van der Waals surface area (Å²) < 4.78 is 29.2. The van der Waals surface area contributed by atoms with Crippen LogP contribution in [0, 0.1) is 13.8 Å². The Hall–Kier alpha value is -2.65. The largest absolute Gasteiger partial charge is 0.411 e. The fourth-order valence-electron chi connectivity index (χ4n) is 2.47. The number of hydrogen-bond donors (Lipinski definition) is 1. The van der Waals surface area contributed by atoms with Crippen LogP contribution in [0.4, 0.5) is 5.69 Å². The number of hydrogen-bond acceptors (Lipinski definition) is 7. The van der Waals surface area contributed by atoms with E-state index in [9.17, 15) is 13.2 Å². The van der Waals surface area contributed by atoms with Gasteiger partial charge in [0.2, 0.25) is 11.8 Å². The second kappa shape index (κ2) is 8.15. The first-order valence-electron chi connectivity index (χ1n) is 8.37. The molecular formula is C19H19N3O4S2. The smallest absolute Gasteiger partial charge is 0.277 e. The maximum atomic E-state index is 12.2. The third-order valence-corrected chi connectivity index (χ3v) is 6.02. The monoisotopic (exact) mass is 417 g/mol. The highest BCUT2D eigenvalue weighted by molar-refractivity contribution is 7.99. The Kier molecular flexibility index (Phi) is 5.85. The van der Waals surface area contributed by atoms with E-state index in [1.54, 1.807) is 18.2 Å². The van der Waals surface area contributed by atoms with Gasteiger partial charge in [-0.15, -0.1) is 10.2 Å². The highest BCUT2D eigenvalue weighted by Crippen LogP contribution is 2.25. The van der Waals surface area contributed by atoms with Crippen LogP contribution in [0.2, 0.25) is 0 Å². The van der Waals surface area contributed by atoms with Gasteiger partial charge < -0.3 is 9.73 Å². The van der Waals surface area contributed by atoms with Crippen LogP contribution >= 0.6 is 11.8 Å². The molecule has 0 saturated heterocycles. The van der Waals surface area contributed by atoms with Gasteiger partial charge in [0.15, 0.2) is 9.84 Å². The molecule has 1 N–H and O–H groups in total. The Labute approximate surface area is 167 Å². The average molecular weight is 418 g/mol. The molecular weight excluding hydrogens is 398 g/mol. The van der Waals surface area contributed by atoms with E-state index >= 15 is 0 Å². The molecule has 9 heteroatoms. The first-order chi connectivity index (χ1) is 13.2. The van der Waals surface area contributed by atoms with E-state index in [0.717, 1.165) is 29.1 Å². The van der Waals surface area contributed by atoms with Gasteiger partial charge in [-0.1, -0.05) is 30.0 Å². The number of thioether (sulfide) groups is 1. The van der Waals surface area contributed by atoms with E-state index in [-0.39, 0.29) is 27.5 Å². The molecule has 1 aromatic heterocycles. The summed E-state index contributed by atoms with van der Waals surface area (Å²) in [5, 5.41) is 10.8. The first-order valence-corrected chi connectivity index (χ1v) is 11.2. The molecule has 0 radical (unpaired) electrons. The zero-order valence-electron chi connectivity index (χ0n) is 15.6. The summed E-state index contributed by atoms with van der Waals surface area (Å²) in [6.45, 7) is 4.03. The van der Waals surface area contributed by atoms with Crippen LogP contribution in [0.15, 0.2) is 57.0 Å². The van der Waals surface area contributed by atoms with Gasteiger partial charge in [0.05, 0.1) is 16.3 Å². The van der Waals surface area contributed by atoms with Crippen molar-refractivity contribution >= 4 is 33.2 Å². The van der Waals surface area contributed by atoms with Crippen LogP contribution in [0.3, 0.4) is 0 Å². The van der Waals surface area contributed by atoms with Gasteiger partial charge in [0.1, 0.15) is 0 Å². The zero-order valence-corrected chi connectivity index (χ0v) is 17.2. The van der Waals surface area contributed by atoms with Crippen molar-refractivity contribution in [1.82, 2.24) is 10.2 Å². The van der Waals surface area contributed by atoms with Crippen molar-refractivity contribution in [1.29, 1.82) is 0 Å². The minimum absolute atomic E-state index is 0.00660. The highest BCUT2D eigenvalue weighted by atomic mass is 32.2. The second-order valence-electron chi connectivity index (χ2n) is 6.28. The molecule has 1 amide bonds. The number of rotatable bonds is 6. The van der Waals surface area contributed by atoms with Crippen LogP contribution in [-0.4, -0.2) is 36.5 Å². The molecule has 0 aliphatic rings. The summed E-state index contributed by atoms with van der Waals surface area (Å²) in [6, 6.07) is 12.1. The number of carbonyl (C=O) groups excluding carboxylic acids is 1. The predicted octanol–water partition coefficient (Wildman–Crippen LogP) is 3.49. The average Bonchev–Trinajstić information content (AvgIpc) is 3.11. The number of nitrogens with zero attached hydrogens (tertiary/aromatic N) is 2. The van der Waals surface area contributed by atoms with E-state index in [0.29, 0.717) is 5.89 Å². The number of amides is 1. The van der Waals surface area contributed by atoms with E-state index < -0.39 is 9.84 Å². The normalized spacial score (nSPS) is 11.4. The Bertz CT molecular complexity index is 1120. The van der Waals surface area contributed by atoms with E-state index in [2.05, 4.69) is 15.5 Å². The molecule has 146 valence electrons. The van der Waals surface area contributed by atoms with Crippen LogP contribution in [-0.2, 0) is 14.6 Å². The maximum Gasteiger partial charge on any atom is 0.277 e. The van der Waals surface area contributed by atoms with Gasteiger partial charge in [0.25, 0.3) is 5.22 Å². The highest BCUT2D eigenvalue weighted by Gasteiger charge is 2.16. The predicted molar refractivity (Wildman–Crippen MR) is 108 cm³/mol. The molecule has 0 aliphatic heterocycles. The van der Waals surface area contributed by atoms with Crippen LogP contribution in [0.1, 0.15) is 11.1 Å². The molecule has 0 spiro atoms. The molecule has 2 aromatic carbocycles. The molecule has 3 rings (SSSR count). The van der Waals surface area contributed by atoms with Crippen molar-refractivity contribution < 1.29 is 17.6 Å². The minimum atomic E-state index is -3.44. The van der Waals surface area contributed by atoms with Crippen molar-refractivity contribution in [2.45, 2.75) is 24.0 Å². The molecule has 0 bridgehead atoms. The Balaban J connectivity index is 1.65.